The highest BCUT2D eigenvalue weighted by Crippen LogP contribution is 2.32. The molecule has 0 radical (unpaired) electrons. The minimum absolute atomic E-state index is 0.273. The van der Waals surface area contributed by atoms with Crippen LogP contribution in [0.15, 0.2) is 78.0 Å². The highest BCUT2D eigenvalue weighted by Gasteiger charge is 2.18. The summed E-state index contributed by atoms with van der Waals surface area (Å²) in [5.74, 6) is -0.273. The number of aromatic amines is 1. The van der Waals surface area contributed by atoms with E-state index in [9.17, 15) is 4.79 Å². The van der Waals surface area contributed by atoms with Gasteiger partial charge in [0.1, 0.15) is 5.69 Å². The molecule has 5 heteroatoms. The van der Waals surface area contributed by atoms with E-state index in [1.54, 1.807) is 6.21 Å². The lowest BCUT2D eigenvalue weighted by molar-refractivity contribution is 0.0951. The molecule has 0 aliphatic heterocycles. The van der Waals surface area contributed by atoms with Crippen molar-refractivity contribution in [2.24, 2.45) is 12.1 Å². The maximum absolute atomic E-state index is 12.8. The molecule has 0 saturated carbocycles. The number of H-pyrrole nitrogens is 1. The van der Waals surface area contributed by atoms with Gasteiger partial charge in [0, 0.05) is 29.7 Å². The van der Waals surface area contributed by atoms with Gasteiger partial charge in [-0.15, -0.1) is 0 Å². The number of para-hydroxylation sites is 1. The third-order valence-corrected chi connectivity index (χ3v) is 4.34. The Bertz CT molecular complexity index is 1090. The topological polar surface area (TPSA) is 62.2 Å². The van der Waals surface area contributed by atoms with Crippen LogP contribution < -0.4 is 5.43 Å². The van der Waals surface area contributed by atoms with Gasteiger partial charge in [-0.25, -0.2) is 5.43 Å². The maximum Gasteiger partial charge on any atom is 0.288 e. The predicted octanol–water partition coefficient (Wildman–Crippen LogP) is 3.94. The molecule has 0 atom stereocenters. The van der Waals surface area contributed by atoms with Crippen LogP contribution in [0.4, 0.5) is 0 Å². The average molecular weight is 342 g/mol. The first kappa shape index (κ1) is 15.9. The van der Waals surface area contributed by atoms with E-state index >= 15 is 0 Å². The molecule has 4 aromatic rings. The van der Waals surface area contributed by atoms with Crippen molar-refractivity contribution >= 4 is 23.0 Å². The molecule has 4 rings (SSSR count). The van der Waals surface area contributed by atoms with Crippen LogP contribution in [-0.4, -0.2) is 21.7 Å². The molecule has 0 spiro atoms. The Labute approximate surface area is 151 Å². The van der Waals surface area contributed by atoms with E-state index in [2.05, 4.69) is 15.5 Å². The lowest BCUT2D eigenvalue weighted by atomic mass is 10.0. The Morgan fingerprint density at radius 2 is 1.81 bits per heavy atom. The van der Waals surface area contributed by atoms with Crippen molar-refractivity contribution in [3.05, 3.63) is 84.3 Å². The van der Waals surface area contributed by atoms with Gasteiger partial charge in [0.05, 0.1) is 11.9 Å². The number of aryl methyl sites for hydroxylation is 1. The van der Waals surface area contributed by atoms with Crippen molar-refractivity contribution in [2.45, 2.75) is 0 Å². The van der Waals surface area contributed by atoms with Crippen LogP contribution in [-0.2, 0) is 7.05 Å². The number of benzene rings is 2. The molecule has 1 amide bonds. The Kier molecular flexibility index (Phi) is 4.11. The molecule has 2 N–H and O–H groups in total. The second-order valence-corrected chi connectivity index (χ2v) is 6.03. The highest BCUT2D eigenvalue weighted by molar-refractivity contribution is 6.09. The standard InChI is InChI=1S/C21H18N4O/c1-25-13-7-10-16(25)14-22-24-21(26)20-19(15-8-3-2-4-9-15)17-11-5-6-12-18(17)23-20/h2-14,23H,1H3,(H,24,26)/b22-14-. The fraction of sp³-hybridized carbons (Fsp3) is 0.0476. The van der Waals surface area contributed by atoms with Crippen molar-refractivity contribution in [1.82, 2.24) is 15.0 Å². The van der Waals surface area contributed by atoms with Gasteiger partial charge in [-0.3, -0.25) is 4.79 Å². The minimum atomic E-state index is -0.273. The van der Waals surface area contributed by atoms with Crippen LogP contribution >= 0.6 is 0 Å². The first-order chi connectivity index (χ1) is 12.7. The van der Waals surface area contributed by atoms with Crippen molar-refractivity contribution in [3.63, 3.8) is 0 Å². The van der Waals surface area contributed by atoms with E-state index in [0.29, 0.717) is 5.69 Å². The summed E-state index contributed by atoms with van der Waals surface area (Å²) < 4.78 is 1.92. The summed E-state index contributed by atoms with van der Waals surface area (Å²) in [6, 6.07) is 21.6. The molecule has 0 saturated heterocycles. The number of carbonyl (C=O) groups is 1. The summed E-state index contributed by atoms with van der Waals surface area (Å²) in [4.78, 5) is 16.0. The molecular weight excluding hydrogens is 324 g/mol. The van der Waals surface area contributed by atoms with Gasteiger partial charge in [0.15, 0.2) is 0 Å². The smallest absolute Gasteiger partial charge is 0.288 e. The van der Waals surface area contributed by atoms with Crippen molar-refractivity contribution in [1.29, 1.82) is 0 Å². The summed E-state index contributed by atoms with van der Waals surface area (Å²) in [7, 11) is 1.92. The molecule has 0 fully saturated rings. The largest absolute Gasteiger partial charge is 0.350 e. The Morgan fingerprint density at radius 1 is 1.04 bits per heavy atom. The fourth-order valence-electron chi connectivity index (χ4n) is 3.04. The van der Waals surface area contributed by atoms with Crippen molar-refractivity contribution in [2.75, 3.05) is 0 Å². The van der Waals surface area contributed by atoms with Gasteiger partial charge in [-0.05, 0) is 23.8 Å². The Balaban J connectivity index is 1.70. The second kappa shape index (κ2) is 6.72. The molecule has 2 heterocycles. The van der Waals surface area contributed by atoms with Gasteiger partial charge in [0.2, 0.25) is 0 Å². The third-order valence-electron chi connectivity index (χ3n) is 4.34. The van der Waals surface area contributed by atoms with Gasteiger partial charge in [-0.1, -0.05) is 48.5 Å². The van der Waals surface area contributed by atoms with E-state index in [-0.39, 0.29) is 5.91 Å². The number of nitrogens with zero attached hydrogens (tertiary/aromatic N) is 2. The number of nitrogens with one attached hydrogen (secondary N) is 2. The van der Waals surface area contributed by atoms with Crippen LogP contribution in [0.3, 0.4) is 0 Å². The number of hydrogen-bond acceptors (Lipinski definition) is 2. The summed E-state index contributed by atoms with van der Waals surface area (Å²) in [6.07, 6.45) is 3.55. The van der Waals surface area contributed by atoms with E-state index in [0.717, 1.165) is 27.7 Å². The normalized spacial score (nSPS) is 11.3. The molecule has 5 nitrogen and oxygen atoms in total. The van der Waals surface area contributed by atoms with Crippen molar-refractivity contribution in [3.8, 4) is 11.1 Å². The number of amides is 1. The van der Waals surface area contributed by atoms with E-state index in [1.807, 2.05) is 84.5 Å². The number of hydrazone groups is 1. The minimum Gasteiger partial charge on any atom is -0.350 e. The number of fused-ring (bicyclic) bond motifs is 1. The van der Waals surface area contributed by atoms with Crippen LogP contribution in [0, 0.1) is 0 Å². The molecule has 0 bridgehead atoms. The zero-order valence-electron chi connectivity index (χ0n) is 14.3. The summed E-state index contributed by atoms with van der Waals surface area (Å²) in [5.41, 5.74) is 6.82. The molecule has 128 valence electrons. The molecular formula is C21H18N4O. The zero-order valence-corrected chi connectivity index (χ0v) is 14.3. The number of hydrogen-bond donors (Lipinski definition) is 2. The average Bonchev–Trinajstić information content (AvgIpc) is 3.26. The van der Waals surface area contributed by atoms with Gasteiger partial charge >= 0.3 is 0 Å². The van der Waals surface area contributed by atoms with Crippen LogP contribution in [0.5, 0.6) is 0 Å². The quantitative estimate of drug-likeness (QED) is 0.428. The number of aromatic nitrogens is 2. The fourth-order valence-corrected chi connectivity index (χ4v) is 3.04. The summed E-state index contributed by atoms with van der Waals surface area (Å²) >= 11 is 0. The SMILES string of the molecule is Cn1cccc1/C=N\NC(=O)c1[nH]c2ccccc2c1-c1ccccc1. The van der Waals surface area contributed by atoms with Crippen LogP contribution in [0.2, 0.25) is 0 Å². The molecule has 0 aliphatic rings. The Hall–Kier alpha value is -3.60. The van der Waals surface area contributed by atoms with E-state index < -0.39 is 0 Å². The first-order valence-electron chi connectivity index (χ1n) is 8.35. The monoisotopic (exact) mass is 342 g/mol. The maximum atomic E-state index is 12.8. The van der Waals surface area contributed by atoms with Gasteiger partial charge < -0.3 is 9.55 Å². The molecule has 2 aromatic carbocycles. The second-order valence-electron chi connectivity index (χ2n) is 6.03. The Morgan fingerprint density at radius 3 is 2.58 bits per heavy atom. The molecule has 26 heavy (non-hydrogen) atoms. The summed E-state index contributed by atoms with van der Waals surface area (Å²) in [5, 5.41) is 5.10. The molecule has 2 aromatic heterocycles. The van der Waals surface area contributed by atoms with Crippen LogP contribution in [0.25, 0.3) is 22.0 Å². The third kappa shape index (κ3) is 2.91. The predicted molar refractivity (Wildman–Crippen MR) is 104 cm³/mol. The zero-order chi connectivity index (χ0) is 17.9. The first-order valence-corrected chi connectivity index (χ1v) is 8.35. The summed E-state index contributed by atoms with van der Waals surface area (Å²) in [6.45, 7) is 0. The van der Waals surface area contributed by atoms with Gasteiger partial charge in [-0.2, -0.15) is 5.10 Å². The molecule has 0 aliphatic carbocycles. The lowest BCUT2D eigenvalue weighted by Crippen LogP contribution is -2.19. The lowest BCUT2D eigenvalue weighted by Gasteiger charge is -2.04. The van der Waals surface area contributed by atoms with Crippen LogP contribution in [0.1, 0.15) is 16.2 Å². The van der Waals surface area contributed by atoms with E-state index in [4.69, 9.17) is 0 Å². The highest BCUT2D eigenvalue weighted by atomic mass is 16.2. The van der Waals surface area contributed by atoms with Gasteiger partial charge in [0.25, 0.3) is 5.91 Å². The van der Waals surface area contributed by atoms with E-state index in [1.165, 1.54) is 0 Å². The number of rotatable bonds is 4. The molecule has 0 unspecified atom stereocenters. The van der Waals surface area contributed by atoms with Crippen molar-refractivity contribution < 1.29 is 4.79 Å². The number of carbonyl (C=O) groups excluding carboxylic acids is 1.